The van der Waals surface area contributed by atoms with Crippen LogP contribution in [0.2, 0.25) is 0 Å². The van der Waals surface area contributed by atoms with E-state index in [1.54, 1.807) is 0 Å². The lowest BCUT2D eigenvalue weighted by Gasteiger charge is -2.16. The third kappa shape index (κ3) is 2.57. The number of carbonyl (C=O) groups is 2. The van der Waals surface area contributed by atoms with E-state index >= 15 is 0 Å². The Hall–Kier alpha value is -1.68. The summed E-state index contributed by atoms with van der Waals surface area (Å²) in [5, 5.41) is 0. The first-order valence-electron chi connectivity index (χ1n) is 5.81. The molecule has 2 rings (SSSR count). The molecule has 0 saturated heterocycles. The molecule has 2 nitrogen and oxygen atoms in total. The first-order chi connectivity index (χ1) is 11.2. The Kier molecular flexibility index (Phi) is 5.19. The van der Waals surface area contributed by atoms with Crippen molar-refractivity contribution >= 4 is 44.4 Å². The van der Waals surface area contributed by atoms with Crippen LogP contribution in [-0.2, 0) is 0 Å². The average molecular weight is 476 g/mol. The number of halogens is 8. The summed E-state index contributed by atoms with van der Waals surface area (Å²) in [5.74, 6) is -11.5. The number of rotatable bonds is 3. The van der Waals surface area contributed by atoms with Gasteiger partial charge in [-0.3, -0.25) is 9.59 Å². The third-order valence-corrected chi connectivity index (χ3v) is 4.58. The Balaban J connectivity index is 3.14. The highest BCUT2D eigenvalue weighted by Crippen LogP contribution is 2.43. The molecule has 10 heteroatoms. The van der Waals surface area contributed by atoms with Gasteiger partial charge in [0.2, 0.25) is 0 Å². The summed E-state index contributed by atoms with van der Waals surface area (Å²) in [7, 11) is 0. The van der Waals surface area contributed by atoms with Crippen LogP contribution in [-0.4, -0.2) is 12.6 Å². The molecule has 0 heterocycles. The Morgan fingerprint density at radius 3 is 1.08 bits per heavy atom. The van der Waals surface area contributed by atoms with Gasteiger partial charge in [-0.1, -0.05) is 0 Å². The lowest BCUT2D eigenvalue weighted by molar-refractivity contribution is 0.110. The van der Waals surface area contributed by atoms with E-state index in [1.807, 2.05) is 0 Å². The smallest absolute Gasteiger partial charge is 0.196 e. The van der Waals surface area contributed by atoms with Gasteiger partial charge in [-0.05, 0) is 31.9 Å². The van der Waals surface area contributed by atoms with Crippen molar-refractivity contribution in [1.82, 2.24) is 0 Å². The molecule has 0 aliphatic heterocycles. The lowest BCUT2D eigenvalue weighted by atomic mass is 9.94. The minimum absolute atomic E-state index is 0.238. The van der Waals surface area contributed by atoms with Crippen LogP contribution in [0, 0.1) is 34.9 Å². The highest BCUT2D eigenvalue weighted by molar-refractivity contribution is 9.11. The molecule has 0 aliphatic carbocycles. The highest BCUT2D eigenvalue weighted by atomic mass is 79.9. The first-order valence-corrected chi connectivity index (χ1v) is 7.40. The maximum atomic E-state index is 13.8. The number of aldehydes is 2. The van der Waals surface area contributed by atoms with Crippen LogP contribution in [0.3, 0.4) is 0 Å². The van der Waals surface area contributed by atoms with Crippen molar-refractivity contribution in [3.8, 4) is 11.1 Å². The molecule has 0 amide bonds. The fourth-order valence-corrected chi connectivity index (χ4v) is 3.18. The summed E-state index contributed by atoms with van der Waals surface area (Å²) in [4.78, 5) is 22.1. The largest absolute Gasteiger partial charge is 0.298 e. The minimum Gasteiger partial charge on any atom is -0.298 e. The van der Waals surface area contributed by atoms with E-state index in [9.17, 15) is 35.9 Å². The molecule has 2 aromatic rings. The van der Waals surface area contributed by atoms with Crippen molar-refractivity contribution < 1.29 is 35.9 Å². The average Bonchev–Trinajstić information content (AvgIpc) is 2.57. The molecule has 0 radical (unpaired) electrons. The van der Waals surface area contributed by atoms with Crippen LogP contribution in [0.15, 0.2) is 8.95 Å². The molecule has 0 unspecified atom stereocenters. The summed E-state index contributed by atoms with van der Waals surface area (Å²) >= 11 is 5.09. The van der Waals surface area contributed by atoms with E-state index in [2.05, 4.69) is 31.9 Å². The predicted octanol–water partition coefficient (Wildman–Crippen LogP) is 5.34. The second-order valence-electron chi connectivity index (χ2n) is 4.32. The first kappa shape index (κ1) is 18.7. The van der Waals surface area contributed by atoms with Crippen molar-refractivity contribution in [2.24, 2.45) is 0 Å². The Bertz CT molecular complexity index is 825. The monoisotopic (exact) mass is 474 g/mol. The van der Waals surface area contributed by atoms with Gasteiger partial charge in [-0.15, -0.1) is 0 Å². The summed E-state index contributed by atoms with van der Waals surface area (Å²) in [5.41, 5.74) is -3.94. The van der Waals surface area contributed by atoms with Crippen LogP contribution < -0.4 is 0 Å². The van der Waals surface area contributed by atoms with Gasteiger partial charge >= 0.3 is 0 Å². The molecule has 126 valence electrons. The molecule has 0 aromatic heterocycles. The molecule has 0 bridgehead atoms. The zero-order chi connectivity index (χ0) is 18.3. The summed E-state index contributed by atoms with van der Waals surface area (Å²) in [6.45, 7) is 0. The van der Waals surface area contributed by atoms with Gasteiger partial charge in [-0.2, -0.15) is 0 Å². The Morgan fingerprint density at radius 2 is 0.833 bits per heavy atom. The van der Waals surface area contributed by atoms with Crippen LogP contribution in [0.5, 0.6) is 0 Å². The molecule has 0 saturated carbocycles. The van der Waals surface area contributed by atoms with Crippen molar-refractivity contribution in [3.05, 3.63) is 55.0 Å². The molecule has 0 fully saturated rings. The Morgan fingerprint density at radius 1 is 0.542 bits per heavy atom. The zero-order valence-corrected chi connectivity index (χ0v) is 14.2. The second-order valence-corrected chi connectivity index (χ2v) is 5.91. The van der Waals surface area contributed by atoms with Gasteiger partial charge in [-0.25, -0.2) is 26.3 Å². The minimum atomic E-state index is -2.01. The maximum absolute atomic E-state index is 13.8. The molecule has 0 N–H and O–H groups in total. The van der Waals surface area contributed by atoms with Crippen molar-refractivity contribution in [2.75, 3.05) is 0 Å². The van der Waals surface area contributed by atoms with E-state index in [0.29, 0.717) is 0 Å². The molecule has 24 heavy (non-hydrogen) atoms. The Labute approximate surface area is 146 Å². The zero-order valence-electron chi connectivity index (χ0n) is 11.0. The molecule has 2 aromatic carbocycles. The van der Waals surface area contributed by atoms with Crippen LogP contribution in [0.25, 0.3) is 11.1 Å². The van der Waals surface area contributed by atoms with Gasteiger partial charge in [0, 0.05) is 11.1 Å². The summed E-state index contributed by atoms with van der Waals surface area (Å²) < 4.78 is 80.2. The summed E-state index contributed by atoms with van der Waals surface area (Å²) in [6.07, 6.45) is -0.476. The van der Waals surface area contributed by atoms with E-state index < -0.39 is 66.1 Å². The fraction of sp³-hybridized carbons (Fsp3) is 0. The number of carbonyl (C=O) groups excluding carboxylic acids is 2. The van der Waals surface area contributed by atoms with E-state index in [0.717, 1.165) is 0 Å². The van der Waals surface area contributed by atoms with Crippen LogP contribution in [0.4, 0.5) is 26.3 Å². The lowest BCUT2D eigenvalue weighted by Crippen LogP contribution is -2.08. The van der Waals surface area contributed by atoms with Gasteiger partial charge in [0.25, 0.3) is 0 Å². The standard InChI is InChI=1S/C14H2Br2F6O2/c15-7-5(3(1-23)9(17)13(21)11(7)19)6-4(2-24)10(18)14(22)12(20)8(6)16/h1-2H. The third-order valence-electron chi connectivity index (χ3n) is 3.09. The predicted molar refractivity (Wildman–Crippen MR) is 77.8 cm³/mol. The molecule has 0 aliphatic rings. The topological polar surface area (TPSA) is 34.1 Å². The van der Waals surface area contributed by atoms with Crippen LogP contribution in [0.1, 0.15) is 20.7 Å². The number of hydrogen-bond acceptors (Lipinski definition) is 2. The molecular formula is C14H2Br2F6O2. The SMILES string of the molecule is O=Cc1c(F)c(F)c(F)c(Br)c1-c1c(Br)c(F)c(F)c(F)c1C=O. The van der Waals surface area contributed by atoms with Gasteiger partial charge in [0.05, 0.1) is 20.1 Å². The summed E-state index contributed by atoms with van der Waals surface area (Å²) in [6, 6.07) is 0. The van der Waals surface area contributed by atoms with Gasteiger partial charge < -0.3 is 0 Å². The molecule has 0 spiro atoms. The molecule has 0 atom stereocenters. The van der Waals surface area contributed by atoms with Crippen molar-refractivity contribution in [2.45, 2.75) is 0 Å². The maximum Gasteiger partial charge on any atom is 0.196 e. The highest BCUT2D eigenvalue weighted by Gasteiger charge is 2.31. The van der Waals surface area contributed by atoms with E-state index in [4.69, 9.17) is 0 Å². The van der Waals surface area contributed by atoms with Crippen molar-refractivity contribution in [3.63, 3.8) is 0 Å². The van der Waals surface area contributed by atoms with Crippen molar-refractivity contribution in [1.29, 1.82) is 0 Å². The number of benzene rings is 2. The molecular weight excluding hydrogens is 474 g/mol. The van der Waals surface area contributed by atoms with E-state index in [1.165, 1.54) is 0 Å². The second kappa shape index (κ2) is 6.67. The number of hydrogen-bond donors (Lipinski definition) is 0. The van der Waals surface area contributed by atoms with Gasteiger partial charge in [0.15, 0.2) is 47.5 Å². The normalized spacial score (nSPS) is 10.8. The van der Waals surface area contributed by atoms with Gasteiger partial charge in [0.1, 0.15) is 0 Å². The quantitative estimate of drug-likeness (QED) is 0.260. The van der Waals surface area contributed by atoms with Crippen LogP contribution >= 0.6 is 31.9 Å². The van der Waals surface area contributed by atoms with E-state index in [-0.39, 0.29) is 12.6 Å². The fourth-order valence-electron chi connectivity index (χ4n) is 2.01.